The Morgan fingerprint density at radius 3 is 1.92 bits per heavy atom. The summed E-state index contributed by atoms with van der Waals surface area (Å²) in [6.45, 7) is 0.0760. The number of aromatic nitrogens is 2. The zero-order valence-corrected chi connectivity index (χ0v) is 6.40. The van der Waals surface area contributed by atoms with Crippen LogP contribution in [0.25, 0.3) is 20.9 Å². The summed E-state index contributed by atoms with van der Waals surface area (Å²) in [4.78, 5) is 5.09. The highest BCUT2D eigenvalue weighted by Gasteiger charge is 2.06. The molecule has 0 bridgehead atoms. The quantitative estimate of drug-likeness (QED) is 0.395. The van der Waals surface area contributed by atoms with Crippen molar-refractivity contribution in [2.45, 2.75) is 13.1 Å². The molecule has 1 heterocycles. The molecule has 0 atom stereocenters. The second kappa shape index (κ2) is 4.60. The predicted molar refractivity (Wildman–Crippen MR) is 40.0 cm³/mol. The Morgan fingerprint density at radius 2 is 1.54 bits per heavy atom. The summed E-state index contributed by atoms with van der Waals surface area (Å²) in [5, 5.41) is 13.5. The van der Waals surface area contributed by atoms with E-state index < -0.39 is 0 Å². The molecule has 1 aromatic rings. The van der Waals surface area contributed by atoms with Gasteiger partial charge in [-0.3, -0.25) is 0 Å². The number of hydrogen-bond donors (Lipinski definition) is 0. The monoisotopic (exact) mass is 180 g/mol. The second-order valence-electron chi connectivity index (χ2n) is 1.94. The first-order chi connectivity index (χ1) is 6.38. The zero-order chi connectivity index (χ0) is 9.52. The Morgan fingerprint density at radius 1 is 1.08 bits per heavy atom. The van der Waals surface area contributed by atoms with Gasteiger partial charge in [0.05, 0.1) is 13.1 Å². The Kier molecular flexibility index (Phi) is 3.13. The highest BCUT2D eigenvalue weighted by molar-refractivity contribution is 5.06. The first kappa shape index (κ1) is 8.85. The molecule has 0 fully saturated rings. The summed E-state index contributed by atoms with van der Waals surface area (Å²) < 4.78 is 4.37. The topological polar surface area (TPSA) is 136 Å². The van der Waals surface area contributed by atoms with Gasteiger partial charge in [0.25, 0.3) is 0 Å². The molecule has 0 spiro atoms. The summed E-state index contributed by atoms with van der Waals surface area (Å²) in [6.07, 6.45) is 0. The first-order valence-corrected chi connectivity index (χ1v) is 3.20. The molecule has 13 heavy (non-hydrogen) atoms. The molecule has 0 radical (unpaired) electrons. The van der Waals surface area contributed by atoms with Crippen LogP contribution in [0.15, 0.2) is 14.9 Å². The van der Waals surface area contributed by atoms with E-state index in [1.165, 1.54) is 0 Å². The maximum Gasteiger partial charge on any atom is 0.114 e. The third-order valence-corrected chi connectivity index (χ3v) is 1.20. The van der Waals surface area contributed by atoms with Crippen molar-refractivity contribution in [3.8, 4) is 0 Å². The average molecular weight is 180 g/mol. The van der Waals surface area contributed by atoms with Crippen LogP contribution in [-0.4, -0.2) is 10.3 Å². The molecule has 0 unspecified atom stereocenters. The first-order valence-electron chi connectivity index (χ1n) is 3.20. The predicted octanol–water partition coefficient (Wildman–Crippen LogP) is 1.69. The van der Waals surface area contributed by atoms with E-state index in [-0.39, 0.29) is 13.1 Å². The number of azide groups is 2. The molecule has 0 saturated heterocycles. The minimum absolute atomic E-state index is 0.0380. The van der Waals surface area contributed by atoms with Crippen LogP contribution in [0.4, 0.5) is 0 Å². The Bertz CT molecular complexity index is 335. The van der Waals surface area contributed by atoms with E-state index in [1.54, 1.807) is 0 Å². The van der Waals surface area contributed by atoms with Crippen LogP contribution in [0, 0.1) is 0 Å². The molecule has 0 aliphatic carbocycles. The lowest BCUT2D eigenvalue weighted by molar-refractivity contribution is 0.300. The van der Waals surface area contributed by atoms with E-state index in [1.807, 2.05) is 0 Å². The number of nitrogens with zero attached hydrogens (tertiary/aromatic N) is 8. The third-order valence-electron chi connectivity index (χ3n) is 1.20. The zero-order valence-electron chi connectivity index (χ0n) is 6.40. The summed E-state index contributed by atoms with van der Waals surface area (Å²) in [5.74, 6) is 0. The largest absolute Gasteiger partial charge is 0.244 e. The van der Waals surface area contributed by atoms with Crippen molar-refractivity contribution in [1.29, 1.82) is 0 Å². The standard InChI is InChI=1S/C4H4N8O/c5-11-7-1-3-4(2-8-12-6)10-13-9-3/h1-2H2. The Hall–Kier alpha value is -2.24. The fourth-order valence-electron chi connectivity index (χ4n) is 0.662. The SMILES string of the molecule is [N-]=[N+]=NCc1nonc1CN=[N+]=[N-]. The van der Waals surface area contributed by atoms with Crippen molar-refractivity contribution >= 4 is 0 Å². The molecule has 0 aliphatic rings. The van der Waals surface area contributed by atoms with Crippen molar-refractivity contribution in [1.82, 2.24) is 10.3 Å². The molecule has 1 aromatic heterocycles. The van der Waals surface area contributed by atoms with Crippen LogP contribution < -0.4 is 0 Å². The molecule has 0 aliphatic heterocycles. The van der Waals surface area contributed by atoms with Crippen LogP contribution in [-0.2, 0) is 13.1 Å². The molecule has 0 N–H and O–H groups in total. The third kappa shape index (κ3) is 2.37. The van der Waals surface area contributed by atoms with Gasteiger partial charge in [0.2, 0.25) is 0 Å². The molecule has 0 aromatic carbocycles. The summed E-state index contributed by atoms with van der Waals surface area (Å²) >= 11 is 0. The van der Waals surface area contributed by atoms with Crippen LogP contribution in [0.2, 0.25) is 0 Å². The molecule has 9 heteroatoms. The van der Waals surface area contributed by atoms with E-state index >= 15 is 0 Å². The van der Waals surface area contributed by atoms with Crippen LogP contribution in [0.3, 0.4) is 0 Å². The number of rotatable bonds is 4. The molecular weight excluding hydrogens is 176 g/mol. The van der Waals surface area contributed by atoms with Gasteiger partial charge in [-0.25, -0.2) is 4.63 Å². The van der Waals surface area contributed by atoms with E-state index in [0.29, 0.717) is 11.4 Å². The van der Waals surface area contributed by atoms with Crippen molar-refractivity contribution < 1.29 is 4.63 Å². The molecule has 1 rings (SSSR count). The molecule has 0 saturated carbocycles. The fourth-order valence-corrected chi connectivity index (χ4v) is 0.662. The lowest BCUT2D eigenvalue weighted by atomic mass is 10.3. The summed E-state index contributed by atoms with van der Waals surface area (Å²) in [5.41, 5.74) is 16.8. The van der Waals surface area contributed by atoms with E-state index in [2.05, 4.69) is 35.0 Å². The van der Waals surface area contributed by atoms with Gasteiger partial charge >= 0.3 is 0 Å². The van der Waals surface area contributed by atoms with Crippen molar-refractivity contribution in [3.05, 3.63) is 32.3 Å². The summed E-state index contributed by atoms with van der Waals surface area (Å²) in [7, 11) is 0. The summed E-state index contributed by atoms with van der Waals surface area (Å²) in [6, 6.07) is 0. The van der Waals surface area contributed by atoms with Gasteiger partial charge in [0.15, 0.2) is 0 Å². The van der Waals surface area contributed by atoms with Gasteiger partial charge in [-0.1, -0.05) is 20.5 Å². The van der Waals surface area contributed by atoms with Gasteiger partial charge < -0.3 is 0 Å². The van der Waals surface area contributed by atoms with Gasteiger partial charge in [0.1, 0.15) is 11.4 Å². The van der Waals surface area contributed by atoms with Crippen LogP contribution in [0.5, 0.6) is 0 Å². The highest BCUT2D eigenvalue weighted by atomic mass is 16.6. The lowest BCUT2D eigenvalue weighted by Gasteiger charge is -1.86. The lowest BCUT2D eigenvalue weighted by Crippen LogP contribution is -1.89. The normalized spacial score (nSPS) is 8.62. The van der Waals surface area contributed by atoms with Crippen molar-refractivity contribution in [2.75, 3.05) is 0 Å². The van der Waals surface area contributed by atoms with Crippen molar-refractivity contribution in [2.24, 2.45) is 10.2 Å². The maximum absolute atomic E-state index is 8.03. The average Bonchev–Trinajstić information content (AvgIpc) is 2.59. The fraction of sp³-hybridized carbons (Fsp3) is 0.500. The maximum atomic E-state index is 8.03. The molecule has 9 nitrogen and oxygen atoms in total. The molecular formula is C4H4N8O. The van der Waals surface area contributed by atoms with E-state index in [9.17, 15) is 0 Å². The van der Waals surface area contributed by atoms with Gasteiger partial charge in [0, 0.05) is 9.82 Å². The minimum atomic E-state index is 0.0380. The van der Waals surface area contributed by atoms with Gasteiger partial charge in [-0.05, 0) is 11.1 Å². The molecule has 0 amide bonds. The van der Waals surface area contributed by atoms with Crippen LogP contribution in [0.1, 0.15) is 11.4 Å². The van der Waals surface area contributed by atoms with E-state index in [4.69, 9.17) is 11.1 Å². The van der Waals surface area contributed by atoms with E-state index in [0.717, 1.165) is 0 Å². The second-order valence-corrected chi connectivity index (χ2v) is 1.94. The van der Waals surface area contributed by atoms with Crippen molar-refractivity contribution in [3.63, 3.8) is 0 Å². The van der Waals surface area contributed by atoms with Gasteiger partial charge in [-0.15, -0.1) is 0 Å². The Labute approximate surface area is 71.6 Å². The Balaban J connectivity index is 2.75. The van der Waals surface area contributed by atoms with Crippen LogP contribution >= 0.6 is 0 Å². The smallest absolute Gasteiger partial charge is 0.114 e. The van der Waals surface area contributed by atoms with Gasteiger partial charge in [-0.2, -0.15) is 0 Å². The molecule has 66 valence electrons. The highest BCUT2D eigenvalue weighted by Crippen LogP contribution is 2.05. The number of hydrogen-bond acceptors (Lipinski definition) is 5. The minimum Gasteiger partial charge on any atom is -0.244 e.